The number of aliphatic hydroxyl groups excluding tert-OH is 1. The summed E-state index contributed by atoms with van der Waals surface area (Å²) in [6.07, 6.45) is -10.7. The maximum atomic E-state index is 13.3. The average molecular weight is 1060 g/mol. The summed E-state index contributed by atoms with van der Waals surface area (Å²) >= 11 is 0. The van der Waals surface area contributed by atoms with Gasteiger partial charge in [-0.25, -0.2) is 0 Å². The molecule has 408 valence electrons. The zero-order valence-electron chi connectivity index (χ0n) is 44.3. The maximum Gasteiger partial charge on any atom is 0.187 e. The van der Waals surface area contributed by atoms with E-state index in [1.54, 1.807) is 0 Å². The molecule has 1 N–H and O–H groups in total. The van der Waals surface area contributed by atoms with E-state index in [0.29, 0.717) is 6.61 Å². The average Bonchev–Trinajstić information content (AvgIpc) is 3.51. The van der Waals surface area contributed by atoms with Crippen LogP contribution in [0.5, 0.6) is 0 Å². The highest BCUT2D eigenvalue weighted by Gasteiger charge is 2.57. The number of hydrogen-bond donors (Lipinski definition) is 1. The minimum absolute atomic E-state index is 0.104. The Bertz CT molecular complexity index is 2910. The van der Waals surface area contributed by atoms with Gasteiger partial charge >= 0.3 is 0 Å². The first-order valence-corrected chi connectivity index (χ1v) is 27.3. The van der Waals surface area contributed by atoms with Gasteiger partial charge in [0.05, 0.1) is 59.5 Å². The van der Waals surface area contributed by atoms with Crippen LogP contribution < -0.4 is 0 Å². The van der Waals surface area contributed by atoms with Crippen molar-refractivity contribution in [2.24, 2.45) is 0 Å². The van der Waals surface area contributed by atoms with Gasteiger partial charge in [0, 0.05) is 0 Å². The Balaban J connectivity index is 1.07. The second kappa shape index (κ2) is 29.5. The van der Waals surface area contributed by atoms with Gasteiger partial charge in [-0.2, -0.15) is 0 Å². The SMILES string of the molecule is O[C@@H]1[C@H](OCc2ccccc2)[C@H](OCc2ccccc2)[C@@H](OCc2ccccc2)[C@H](OCc2ccccc2)[C@H]1O[C@H]1O[C@H](COCc2ccccc2)[C@@H](OCc2ccccc2)[C@H](OCc2ccccc2)[C@H]1OCc1ccccc1. The monoisotopic (exact) mass is 1060 g/mol. The summed E-state index contributed by atoms with van der Waals surface area (Å²) in [5.41, 5.74) is 7.60. The van der Waals surface area contributed by atoms with Crippen LogP contribution in [0, 0.1) is 0 Å². The molecule has 11 heteroatoms. The molecule has 2 aliphatic rings. The molecule has 79 heavy (non-hydrogen) atoms. The van der Waals surface area contributed by atoms with Crippen molar-refractivity contribution in [3.63, 3.8) is 0 Å². The van der Waals surface area contributed by atoms with Gasteiger partial charge in [-0.3, -0.25) is 0 Å². The van der Waals surface area contributed by atoms with Crippen LogP contribution >= 0.6 is 0 Å². The lowest BCUT2D eigenvalue weighted by Gasteiger charge is -2.51. The van der Waals surface area contributed by atoms with Crippen LogP contribution in [0.2, 0.25) is 0 Å². The third-order valence-corrected chi connectivity index (χ3v) is 14.2. The molecule has 0 radical (unpaired) electrons. The highest BCUT2D eigenvalue weighted by Crippen LogP contribution is 2.39. The summed E-state index contributed by atoms with van der Waals surface area (Å²) in [6.45, 7) is 1.84. The minimum Gasteiger partial charge on any atom is -0.387 e. The molecule has 0 bridgehead atoms. The molecule has 8 aromatic rings. The summed E-state index contributed by atoms with van der Waals surface area (Å²) in [6, 6.07) is 79.8. The molecular weight excluding hydrogens is 993 g/mol. The van der Waals surface area contributed by atoms with E-state index in [9.17, 15) is 5.11 Å². The summed E-state index contributed by atoms with van der Waals surface area (Å²) in [4.78, 5) is 0. The van der Waals surface area contributed by atoms with Gasteiger partial charge in [0.1, 0.15) is 61.0 Å². The van der Waals surface area contributed by atoms with Gasteiger partial charge < -0.3 is 52.5 Å². The molecule has 0 spiro atoms. The lowest BCUT2D eigenvalue weighted by molar-refractivity contribution is -0.363. The van der Waals surface area contributed by atoms with Crippen LogP contribution in [-0.2, 0) is 100 Å². The predicted molar refractivity (Wildman–Crippen MR) is 301 cm³/mol. The van der Waals surface area contributed by atoms with E-state index in [2.05, 4.69) is 0 Å². The molecule has 10 rings (SSSR count). The van der Waals surface area contributed by atoms with Crippen molar-refractivity contribution in [2.75, 3.05) is 6.61 Å². The minimum atomic E-state index is -1.37. The molecule has 1 saturated carbocycles. The van der Waals surface area contributed by atoms with E-state index in [-0.39, 0.29) is 52.9 Å². The van der Waals surface area contributed by atoms with E-state index < -0.39 is 67.3 Å². The summed E-state index contributed by atoms with van der Waals surface area (Å²) in [5.74, 6) is 0. The van der Waals surface area contributed by atoms with Crippen molar-refractivity contribution < 1.29 is 52.5 Å². The molecule has 1 heterocycles. The second-order valence-corrected chi connectivity index (χ2v) is 20.0. The quantitative estimate of drug-likeness (QED) is 0.0531. The molecular formula is C68H70O11. The highest BCUT2D eigenvalue weighted by atomic mass is 16.7. The fourth-order valence-corrected chi connectivity index (χ4v) is 10.1. The Kier molecular flexibility index (Phi) is 20.8. The van der Waals surface area contributed by atoms with E-state index in [0.717, 1.165) is 44.5 Å². The van der Waals surface area contributed by atoms with E-state index in [1.165, 1.54) is 0 Å². The normalized spacial score (nSPS) is 24.0. The van der Waals surface area contributed by atoms with Gasteiger partial charge in [0.2, 0.25) is 0 Å². The van der Waals surface area contributed by atoms with Crippen molar-refractivity contribution in [3.05, 3.63) is 287 Å². The van der Waals surface area contributed by atoms with Crippen molar-refractivity contribution in [3.8, 4) is 0 Å². The van der Waals surface area contributed by atoms with Crippen LogP contribution in [-0.4, -0.2) is 79.0 Å². The number of rotatable bonds is 27. The zero-order valence-corrected chi connectivity index (χ0v) is 44.3. The molecule has 11 atom stereocenters. The molecule has 0 aromatic heterocycles. The fourth-order valence-electron chi connectivity index (χ4n) is 10.1. The number of aliphatic hydroxyl groups is 1. The van der Waals surface area contributed by atoms with E-state index >= 15 is 0 Å². The topological polar surface area (TPSA) is 113 Å². The van der Waals surface area contributed by atoms with Crippen LogP contribution in [0.3, 0.4) is 0 Å². The first-order valence-electron chi connectivity index (χ1n) is 27.3. The summed E-state index contributed by atoms with van der Waals surface area (Å²) in [7, 11) is 0. The Labute approximate surface area is 464 Å². The van der Waals surface area contributed by atoms with Gasteiger partial charge in [0.15, 0.2) is 6.29 Å². The van der Waals surface area contributed by atoms with Crippen LogP contribution in [0.25, 0.3) is 0 Å². The molecule has 8 aromatic carbocycles. The van der Waals surface area contributed by atoms with Gasteiger partial charge in [-0.1, -0.05) is 243 Å². The molecule has 2 fully saturated rings. The fraction of sp³-hybridized carbons (Fsp3) is 0.294. The Hall–Kier alpha value is -6.68. The first-order chi connectivity index (χ1) is 39.1. The van der Waals surface area contributed by atoms with Crippen molar-refractivity contribution >= 4 is 0 Å². The maximum absolute atomic E-state index is 13.3. The van der Waals surface area contributed by atoms with Gasteiger partial charge in [0.25, 0.3) is 0 Å². The van der Waals surface area contributed by atoms with Gasteiger partial charge in [-0.15, -0.1) is 0 Å². The highest BCUT2D eigenvalue weighted by molar-refractivity contribution is 5.20. The summed E-state index contributed by atoms with van der Waals surface area (Å²) < 4.78 is 70.7. The van der Waals surface area contributed by atoms with Crippen molar-refractivity contribution in [1.29, 1.82) is 0 Å². The molecule has 1 aliphatic heterocycles. The first kappa shape index (κ1) is 55.6. The Morgan fingerprint density at radius 1 is 0.266 bits per heavy atom. The molecule has 0 amide bonds. The van der Waals surface area contributed by atoms with Crippen molar-refractivity contribution in [2.45, 2.75) is 120 Å². The van der Waals surface area contributed by atoms with Crippen LogP contribution in [0.4, 0.5) is 0 Å². The van der Waals surface area contributed by atoms with Crippen molar-refractivity contribution in [1.82, 2.24) is 0 Å². The molecule has 1 aliphatic carbocycles. The largest absolute Gasteiger partial charge is 0.387 e. The molecule has 0 unspecified atom stereocenters. The van der Waals surface area contributed by atoms with Gasteiger partial charge in [-0.05, 0) is 44.5 Å². The zero-order chi connectivity index (χ0) is 53.7. The lowest BCUT2D eigenvalue weighted by atomic mass is 9.83. The predicted octanol–water partition coefficient (Wildman–Crippen LogP) is 11.8. The standard InChI is InChI=1S/C68H70O11/c69-59-61(72-43-52-29-13-3-14-30-52)64(74-45-54-33-17-5-18-34-54)66(76-47-56-37-21-7-22-38-56)65(75-46-55-35-19-6-20-36-55)62(59)79-68-67(77-48-57-39-23-8-24-40-57)63(73-44-53-31-15-4-16-32-53)60(71-42-51-27-11-2-12-28-51)58(78-68)49-70-41-50-25-9-1-10-26-50/h1-40,58-69H,41-49H2/t58-,59-,60-,61+,62+,63+,64+,65-,66-,67-,68-/m1/s1. The smallest absolute Gasteiger partial charge is 0.187 e. The third kappa shape index (κ3) is 16.0. The molecule has 1 saturated heterocycles. The van der Waals surface area contributed by atoms with Crippen LogP contribution in [0.1, 0.15) is 44.5 Å². The van der Waals surface area contributed by atoms with Crippen LogP contribution in [0.15, 0.2) is 243 Å². The number of benzene rings is 8. The number of ether oxygens (including phenoxy) is 10. The summed E-state index contributed by atoms with van der Waals surface area (Å²) in [5, 5.41) is 13.3. The second-order valence-electron chi connectivity index (χ2n) is 20.0. The third-order valence-electron chi connectivity index (χ3n) is 14.2. The van der Waals surface area contributed by atoms with E-state index in [4.69, 9.17) is 47.4 Å². The lowest BCUT2D eigenvalue weighted by Crippen LogP contribution is -2.69. The number of hydrogen-bond acceptors (Lipinski definition) is 11. The van der Waals surface area contributed by atoms with E-state index in [1.807, 2.05) is 243 Å². The Morgan fingerprint density at radius 2 is 0.506 bits per heavy atom. The molecule has 11 nitrogen and oxygen atoms in total. The Morgan fingerprint density at radius 3 is 0.835 bits per heavy atom.